The van der Waals surface area contributed by atoms with Gasteiger partial charge in [0.25, 0.3) is 0 Å². The normalized spacial score (nSPS) is 66.8. The van der Waals surface area contributed by atoms with Gasteiger partial charge in [0.15, 0.2) is 0 Å². The summed E-state index contributed by atoms with van der Waals surface area (Å²) in [6, 6.07) is 1.14. The Balaban J connectivity index is 1.86. The van der Waals surface area contributed by atoms with E-state index in [1.165, 1.54) is 32.1 Å². The molecule has 1 saturated heterocycles. The van der Waals surface area contributed by atoms with Gasteiger partial charge in [-0.3, -0.25) is 0 Å². The maximum Gasteiger partial charge on any atom is 0.0428 e. The maximum atomic E-state index is 9.75. The van der Waals surface area contributed by atoms with Crippen molar-refractivity contribution in [2.45, 2.75) is 44.2 Å². The Hall–Kier alpha value is -0.0800. The third-order valence-corrected chi connectivity index (χ3v) is 5.08. The van der Waals surface area contributed by atoms with Crippen molar-refractivity contribution in [2.24, 2.45) is 17.3 Å². The Labute approximate surface area is 72.5 Å². The van der Waals surface area contributed by atoms with Crippen molar-refractivity contribution in [1.82, 2.24) is 5.06 Å². The topological polar surface area (TPSA) is 23.5 Å². The van der Waals surface area contributed by atoms with Gasteiger partial charge in [0.05, 0.1) is 0 Å². The van der Waals surface area contributed by atoms with Gasteiger partial charge in [-0.25, -0.2) is 0 Å². The van der Waals surface area contributed by atoms with Gasteiger partial charge in [-0.1, -0.05) is 0 Å². The summed E-state index contributed by atoms with van der Waals surface area (Å²) in [5, 5.41) is 11.4. The Kier molecular flexibility index (Phi) is 0.851. The van der Waals surface area contributed by atoms with E-state index in [1.807, 2.05) is 0 Å². The number of hydrogen-bond acceptors (Lipinski definition) is 2. The minimum absolute atomic E-state index is 0.569. The predicted octanol–water partition coefficient (Wildman–Crippen LogP) is 1.64. The summed E-state index contributed by atoms with van der Waals surface area (Å²) >= 11 is 0. The molecule has 2 nitrogen and oxygen atoms in total. The van der Waals surface area contributed by atoms with Crippen molar-refractivity contribution < 1.29 is 5.21 Å². The van der Waals surface area contributed by atoms with Gasteiger partial charge in [-0.05, 0) is 43.9 Å². The quantitative estimate of drug-likeness (QED) is 0.590. The lowest BCUT2D eigenvalue weighted by atomic mass is 9.68. The molecule has 1 spiro atoms. The van der Waals surface area contributed by atoms with Crippen LogP contribution in [0, 0.1) is 17.3 Å². The zero-order valence-corrected chi connectivity index (χ0v) is 7.24. The summed E-state index contributed by atoms with van der Waals surface area (Å²) < 4.78 is 0. The van der Waals surface area contributed by atoms with E-state index in [4.69, 9.17) is 0 Å². The fourth-order valence-electron chi connectivity index (χ4n) is 4.90. The number of hydrogen-bond donors (Lipinski definition) is 1. The van der Waals surface area contributed by atoms with Gasteiger partial charge >= 0.3 is 0 Å². The third kappa shape index (κ3) is 0.449. The largest absolute Gasteiger partial charge is 0.313 e. The lowest BCUT2D eigenvalue weighted by Crippen LogP contribution is -2.65. The first kappa shape index (κ1) is 6.39. The second-order valence-electron chi connectivity index (χ2n) is 5.49. The summed E-state index contributed by atoms with van der Waals surface area (Å²) in [5.41, 5.74) is 0.613. The lowest BCUT2D eigenvalue weighted by Gasteiger charge is -2.54. The van der Waals surface area contributed by atoms with Gasteiger partial charge in [0, 0.05) is 17.5 Å². The highest BCUT2D eigenvalue weighted by Crippen LogP contribution is 2.69. The fourth-order valence-corrected chi connectivity index (χ4v) is 4.90. The summed E-state index contributed by atoms with van der Waals surface area (Å²) in [6.45, 7) is 0. The van der Waals surface area contributed by atoms with E-state index in [0.29, 0.717) is 17.5 Å². The molecule has 1 aliphatic heterocycles. The van der Waals surface area contributed by atoms with E-state index < -0.39 is 0 Å². The molecule has 4 unspecified atom stereocenters. The Bertz CT molecular complexity index is 228. The van der Waals surface area contributed by atoms with E-state index in [1.54, 1.807) is 5.06 Å². The van der Waals surface area contributed by atoms with Crippen LogP contribution in [0.25, 0.3) is 0 Å². The molecule has 4 fully saturated rings. The molecular formula is C10H15NO. The van der Waals surface area contributed by atoms with E-state index >= 15 is 0 Å². The average Bonchev–Trinajstić information content (AvgIpc) is 2.44. The minimum Gasteiger partial charge on any atom is -0.313 e. The van der Waals surface area contributed by atoms with Crippen LogP contribution < -0.4 is 0 Å². The number of hydroxylamine groups is 2. The standard InChI is InChI=1S/C10H15NO/c12-11-8-2-6-1-7-3-9(11)10(8,4-6)5-7/h6-9,12H,1-5H2. The molecule has 4 aliphatic rings. The first-order valence-corrected chi connectivity index (χ1v) is 5.27. The SMILES string of the molecule is ON1C2CC3CC4CC1C2(C3)C4. The Morgan fingerprint density at radius 3 is 2.17 bits per heavy atom. The molecule has 3 aliphatic carbocycles. The molecule has 3 saturated carbocycles. The highest BCUT2D eigenvalue weighted by Gasteiger charge is 2.70. The van der Waals surface area contributed by atoms with Crippen molar-refractivity contribution >= 4 is 0 Å². The van der Waals surface area contributed by atoms with Crippen molar-refractivity contribution in [3.05, 3.63) is 0 Å². The summed E-state index contributed by atoms with van der Waals surface area (Å²) in [4.78, 5) is 0. The lowest BCUT2D eigenvalue weighted by molar-refractivity contribution is -0.279. The molecular weight excluding hydrogens is 150 g/mol. The van der Waals surface area contributed by atoms with Crippen molar-refractivity contribution in [3.8, 4) is 0 Å². The van der Waals surface area contributed by atoms with Crippen LogP contribution in [0.2, 0.25) is 0 Å². The number of nitrogens with zero attached hydrogens (tertiary/aromatic N) is 1. The molecule has 4 atom stereocenters. The van der Waals surface area contributed by atoms with Crippen LogP contribution in [-0.4, -0.2) is 22.4 Å². The van der Waals surface area contributed by atoms with Gasteiger partial charge < -0.3 is 5.21 Å². The summed E-state index contributed by atoms with van der Waals surface area (Å²) in [6.07, 6.45) is 6.95. The van der Waals surface area contributed by atoms with Crippen LogP contribution in [0.5, 0.6) is 0 Å². The van der Waals surface area contributed by atoms with Crippen LogP contribution in [-0.2, 0) is 0 Å². The fraction of sp³-hybridized carbons (Fsp3) is 1.00. The van der Waals surface area contributed by atoms with Gasteiger partial charge in [-0.15, -0.1) is 0 Å². The van der Waals surface area contributed by atoms with Crippen LogP contribution in [0.3, 0.4) is 0 Å². The van der Waals surface area contributed by atoms with Gasteiger partial charge in [-0.2, -0.15) is 5.06 Å². The minimum atomic E-state index is 0.569. The molecule has 1 N–H and O–H groups in total. The highest BCUT2D eigenvalue weighted by molar-refractivity contribution is 5.21. The zero-order valence-electron chi connectivity index (χ0n) is 7.24. The average molecular weight is 165 g/mol. The summed E-state index contributed by atoms with van der Waals surface area (Å²) in [7, 11) is 0. The molecule has 0 aromatic rings. The van der Waals surface area contributed by atoms with E-state index in [-0.39, 0.29) is 0 Å². The molecule has 0 amide bonds. The van der Waals surface area contributed by atoms with Crippen LogP contribution in [0.15, 0.2) is 0 Å². The molecule has 4 rings (SSSR count). The molecule has 2 heteroatoms. The van der Waals surface area contributed by atoms with Gasteiger partial charge in [0.1, 0.15) is 0 Å². The molecule has 66 valence electrons. The third-order valence-electron chi connectivity index (χ3n) is 5.08. The highest BCUT2D eigenvalue weighted by atomic mass is 16.5. The first-order valence-electron chi connectivity index (χ1n) is 5.27. The first-order chi connectivity index (χ1) is 5.79. The maximum absolute atomic E-state index is 9.75. The smallest absolute Gasteiger partial charge is 0.0428 e. The van der Waals surface area contributed by atoms with E-state index in [2.05, 4.69) is 0 Å². The van der Waals surface area contributed by atoms with Crippen LogP contribution in [0.1, 0.15) is 32.1 Å². The molecule has 1 heterocycles. The summed E-state index contributed by atoms with van der Waals surface area (Å²) in [5.74, 6) is 1.94. The predicted molar refractivity (Wildman–Crippen MR) is 43.7 cm³/mol. The zero-order chi connectivity index (χ0) is 7.92. The molecule has 0 aromatic carbocycles. The van der Waals surface area contributed by atoms with Crippen LogP contribution in [0.4, 0.5) is 0 Å². The van der Waals surface area contributed by atoms with E-state index in [0.717, 1.165) is 11.8 Å². The molecule has 0 radical (unpaired) electrons. The molecule has 3 bridgehead atoms. The monoisotopic (exact) mass is 165 g/mol. The molecule has 12 heavy (non-hydrogen) atoms. The molecule has 0 aromatic heterocycles. The Morgan fingerprint density at radius 2 is 1.58 bits per heavy atom. The van der Waals surface area contributed by atoms with Crippen molar-refractivity contribution in [1.29, 1.82) is 0 Å². The van der Waals surface area contributed by atoms with Crippen molar-refractivity contribution in [2.75, 3.05) is 0 Å². The second kappa shape index (κ2) is 1.60. The number of rotatable bonds is 0. The number of fused-ring (bicyclic) bond motifs is 2. The van der Waals surface area contributed by atoms with E-state index in [9.17, 15) is 5.21 Å². The van der Waals surface area contributed by atoms with Crippen LogP contribution >= 0.6 is 0 Å². The van der Waals surface area contributed by atoms with Gasteiger partial charge in [0.2, 0.25) is 0 Å². The Morgan fingerprint density at radius 1 is 1.00 bits per heavy atom. The second-order valence-corrected chi connectivity index (χ2v) is 5.49. The van der Waals surface area contributed by atoms with Crippen molar-refractivity contribution in [3.63, 3.8) is 0 Å².